The lowest BCUT2D eigenvalue weighted by molar-refractivity contribution is 0.0946. The largest absolute Gasteiger partial charge is 0.495 e. The number of halogens is 2. The van der Waals surface area contributed by atoms with Crippen molar-refractivity contribution in [3.8, 4) is 17.6 Å². The van der Waals surface area contributed by atoms with Gasteiger partial charge in [0.1, 0.15) is 23.7 Å². The molecule has 1 saturated heterocycles. The molecule has 3 aromatic rings. The second-order valence-electron chi connectivity index (χ2n) is 8.65. The van der Waals surface area contributed by atoms with Crippen molar-refractivity contribution < 1.29 is 9.13 Å². The van der Waals surface area contributed by atoms with Crippen LogP contribution in [0.5, 0.6) is 5.75 Å². The second kappa shape index (κ2) is 9.52. The number of fused-ring (bicyclic) bond motifs is 1. The number of ether oxygens (including phenoxy) is 1. The Bertz CT molecular complexity index is 1230. The van der Waals surface area contributed by atoms with Gasteiger partial charge >= 0.3 is 0 Å². The smallest absolute Gasteiger partial charge is 0.141 e. The molecule has 2 heterocycles. The van der Waals surface area contributed by atoms with E-state index in [1.165, 1.54) is 18.5 Å². The molecule has 4 rings (SSSR count). The van der Waals surface area contributed by atoms with E-state index >= 15 is 0 Å². The van der Waals surface area contributed by atoms with Gasteiger partial charge in [-0.1, -0.05) is 23.4 Å². The van der Waals surface area contributed by atoms with Crippen molar-refractivity contribution >= 4 is 34.0 Å². The maximum Gasteiger partial charge on any atom is 0.141 e. The van der Waals surface area contributed by atoms with Crippen LogP contribution in [0, 0.1) is 17.7 Å². The first-order valence-corrected chi connectivity index (χ1v) is 11.2. The number of piperazine rings is 1. The average Bonchev–Trinajstić information content (AvgIpc) is 2.80. The summed E-state index contributed by atoms with van der Waals surface area (Å²) in [6.07, 6.45) is 1.48. The molecule has 0 radical (unpaired) electrons. The Morgan fingerprint density at radius 2 is 1.88 bits per heavy atom. The summed E-state index contributed by atoms with van der Waals surface area (Å²) in [6, 6.07) is 8.21. The molecule has 0 saturated carbocycles. The van der Waals surface area contributed by atoms with E-state index < -0.39 is 5.82 Å². The van der Waals surface area contributed by atoms with Crippen molar-refractivity contribution in [3.05, 3.63) is 53.1 Å². The normalized spacial score (nSPS) is 15.2. The van der Waals surface area contributed by atoms with Gasteiger partial charge in [0.05, 0.1) is 28.8 Å². The third-order valence-electron chi connectivity index (χ3n) is 5.94. The first-order chi connectivity index (χ1) is 15.8. The standard InChI is InChI=1S/C25H27ClFN5O/c1-25(2,32-11-9-31(3)10-12-32)8-7-17-13-22-19(15-23(17)33-4)24(29-16-28-22)30-18-5-6-21(27)20(26)14-18/h5-6,13-16H,9-12H2,1-4H3,(H,28,29,30). The van der Waals surface area contributed by atoms with Crippen LogP contribution in [-0.2, 0) is 0 Å². The molecular formula is C25H27ClFN5O. The molecule has 0 atom stereocenters. The van der Waals surface area contributed by atoms with Crippen LogP contribution >= 0.6 is 11.6 Å². The average molecular weight is 468 g/mol. The molecule has 6 nitrogen and oxygen atoms in total. The van der Waals surface area contributed by atoms with Crippen molar-refractivity contribution in [2.45, 2.75) is 19.4 Å². The zero-order valence-corrected chi connectivity index (χ0v) is 20.0. The molecule has 8 heteroatoms. The molecule has 1 aromatic heterocycles. The maximum atomic E-state index is 13.5. The second-order valence-corrected chi connectivity index (χ2v) is 9.05. The van der Waals surface area contributed by atoms with Gasteiger partial charge in [0, 0.05) is 37.3 Å². The highest BCUT2D eigenvalue weighted by Crippen LogP contribution is 2.31. The van der Waals surface area contributed by atoms with Crippen LogP contribution in [0.1, 0.15) is 19.4 Å². The van der Waals surface area contributed by atoms with Crippen molar-refractivity contribution in [3.63, 3.8) is 0 Å². The van der Waals surface area contributed by atoms with E-state index in [1.54, 1.807) is 13.2 Å². The summed E-state index contributed by atoms with van der Waals surface area (Å²) < 4.78 is 19.1. The van der Waals surface area contributed by atoms with Gasteiger partial charge in [-0.15, -0.1) is 0 Å². The van der Waals surface area contributed by atoms with E-state index in [-0.39, 0.29) is 10.6 Å². The van der Waals surface area contributed by atoms with E-state index in [4.69, 9.17) is 16.3 Å². The van der Waals surface area contributed by atoms with Crippen LogP contribution in [0.3, 0.4) is 0 Å². The molecule has 1 aliphatic rings. The van der Waals surface area contributed by atoms with Gasteiger partial charge in [-0.2, -0.15) is 0 Å². The quantitative estimate of drug-likeness (QED) is 0.568. The third kappa shape index (κ3) is 5.19. The van der Waals surface area contributed by atoms with Crippen LogP contribution in [0.4, 0.5) is 15.9 Å². The summed E-state index contributed by atoms with van der Waals surface area (Å²) in [4.78, 5) is 13.5. The highest BCUT2D eigenvalue weighted by molar-refractivity contribution is 6.31. The van der Waals surface area contributed by atoms with Crippen LogP contribution in [0.2, 0.25) is 5.02 Å². The van der Waals surface area contributed by atoms with Crippen LogP contribution < -0.4 is 10.1 Å². The summed E-state index contributed by atoms with van der Waals surface area (Å²) >= 11 is 5.91. The first-order valence-electron chi connectivity index (χ1n) is 10.8. The minimum absolute atomic E-state index is 0.0384. The lowest BCUT2D eigenvalue weighted by Crippen LogP contribution is -2.53. The molecule has 33 heavy (non-hydrogen) atoms. The fraction of sp³-hybridized carbons (Fsp3) is 0.360. The Kier molecular flexibility index (Phi) is 6.71. The van der Waals surface area contributed by atoms with E-state index in [9.17, 15) is 4.39 Å². The summed E-state index contributed by atoms with van der Waals surface area (Å²) in [5.74, 6) is 7.48. The van der Waals surface area contributed by atoms with Gasteiger partial charge < -0.3 is 15.0 Å². The van der Waals surface area contributed by atoms with Crippen LogP contribution in [0.25, 0.3) is 10.9 Å². The number of likely N-dealkylation sites (N-methyl/N-ethyl adjacent to an activating group) is 1. The minimum Gasteiger partial charge on any atom is -0.495 e. The molecule has 1 N–H and O–H groups in total. The number of benzene rings is 2. The first kappa shape index (κ1) is 23.2. The zero-order chi connectivity index (χ0) is 23.6. The van der Waals surface area contributed by atoms with Crippen LogP contribution in [-0.4, -0.2) is 65.6 Å². The molecule has 1 fully saturated rings. The van der Waals surface area contributed by atoms with E-state index in [2.05, 4.69) is 57.8 Å². The van der Waals surface area contributed by atoms with Gasteiger partial charge in [-0.05, 0) is 51.2 Å². The lowest BCUT2D eigenvalue weighted by Gasteiger charge is -2.40. The van der Waals surface area contributed by atoms with Crippen molar-refractivity contribution in [2.24, 2.45) is 0 Å². The predicted molar refractivity (Wildman–Crippen MR) is 131 cm³/mol. The summed E-state index contributed by atoms with van der Waals surface area (Å²) in [6.45, 7) is 8.35. The number of hydrogen-bond acceptors (Lipinski definition) is 6. The molecule has 2 aromatic carbocycles. The Balaban J connectivity index is 1.66. The van der Waals surface area contributed by atoms with Gasteiger partial charge in [-0.3, -0.25) is 4.90 Å². The Morgan fingerprint density at radius 1 is 1.12 bits per heavy atom. The van der Waals surface area contributed by atoms with Crippen LogP contribution in [0.15, 0.2) is 36.7 Å². The van der Waals surface area contributed by atoms with E-state index in [0.717, 1.165) is 42.6 Å². The highest BCUT2D eigenvalue weighted by atomic mass is 35.5. The fourth-order valence-corrected chi connectivity index (χ4v) is 4.01. The lowest BCUT2D eigenvalue weighted by atomic mass is 10.0. The molecule has 0 spiro atoms. The number of nitrogens with zero attached hydrogens (tertiary/aromatic N) is 4. The summed E-state index contributed by atoms with van der Waals surface area (Å²) in [5.41, 5.74) is 1.85. The number of hydrogen-bond donors (Lipinski definition) is 1. The van der Waals surface area contributed by atoms with Crippen molar-refractivity contribution in [2.75, 3.05) is 45.7 Å². The maximum absolute atomic E-state index is 13.5. The Hall–Kier alpha value is -2.92. The number of nitrogens with one attached hydrogen (secondary N) is 1. The molecule has 0 bridgehead atoms. The highest BCUT2D eigenvalue weighted by Gasteiger charge is 2.27. The van der Waals surface area contributed by atoms with Gasteiger partial charge in [0.15, 0.2) is 0 Å². The topological polar surface area (TPSA) is 53.5 Å². The Labute approximate surface area is 198 Å². The molecular weight excluding hydrogens is 441 g/mol. The Morgan fingerprint density at radius 3 is 2.58 bits per heavy atom. The number of aromatic nitrogens is 2. The predicted octanol–water partition coefficient (Wildman–Crippen LogP) is 4.55. The number of rotatable bonds is 4. The SMILES string of the molecule is COc1cc2c(Nc3ccc(F)c(Cl)c3)ncnc2cc1C#CC(C)(C)N1CCN(C)CC1. The van der Waals surface area contributed by atoms with E-state index in [1.807, 2.05) is 12.1 Å². The van der Waals surface area contributed by atoms with Gasteiger partial charge in [0.25, 0.3) is 0 Å². The monoisotopic (exact) mass is 467 g/mol. The number of anilines is 2. The summed E-state index contributed by atoms with van der Waals surface area (Å²) in [7, 11) is 3.76. The molecule has 0 aliphatic carbocycles. The van der Waals surface area contributed by atoms with Gasteiger partial charge in [0.2, 0.25) is 0 Å². The molecule has 0 amide bonds. The molecule has 1 aliphatic heterocycles. The van der Waals surface area contributed by atoms with Crippen molar-refractivity contribution in [1.82, 2.24) is 19.8 Å². The molecule has 0 unspecified atom stereocenters. The molecule has 172 valence electrons. The van der Waals surface area contributed by atoms with Gasteiger partial charge in [-0.25, -0.2) is 14.4 Å². The minimum atomic E-state index is -0.473. The zero-order valence-electron chi connectivity index (χ0n) is 19.2. The fourth-order valence-electron chi connectivity index (χ4n) is 3.82. The number of methoxy groups -OCH3 is 1. The summed E-state index contributed by atoms with van der Waals surface area (Å²) in [5, 5.41) is 3.99. The van der Waals surface area contributed by atoms with E-state index in [0.29, 0.717) is 17.3 Å². The van der Waals surface area contributed by atoms with Crippen molar-refractivity contribution in [1.29, 1.82) is 0 Å². The third-order valence-corrected chi connectivity index (χ3v) is 6.23.